The fourth-order valence-corrected chi connectivity index (χ4v) is 2.06. The van der Waals surface area contributed by atoms with Gasteiger partial charge >= 0.3 is 0 Å². The van der Waals surface area contributed by atoms with Crippen LogP contribution in [0.1, 0.15) is 20.8 Å². The van der Waals surface area contributed by atoms with Gasteiger partial charge < -0.3 is 10.6 Å². The first kappa shape index (κ1) is 15.1. The van der Waals surface area contributed by atoms with Gasteiger partial charge in [-0.05, 0) is 28.1 Å². The van der Waals surface area contributed by atoms with Gasteiger partial charge in [-0.25, -0.2) is 4.98 Å². The first-order valence-electron chi connectivity index (χ1n) is 6.25. The van der Waals surface area contributed by atoms with E-state index < -0.39 is 0 Å². The third-order valence-electron chi connectivity index (χ3n) is 2.61. The summed E-state index contributed by atoms with van der Waals surface area (Å²) in [5, 5.41) is 5.38. The molecule has 108 valence electrons. The van der Waals surface area contributed by atoms with Crippen molar-refractivity contribution >= 4 is 27.7 Å². The number of carbonyl (C=O) groups excluding carboxylic acids is 2. The molecular formula is C14H13BrN4O2. The van der Waals surface area contributed by atoms with Crippen LogP contribution in [-0.4, -0.2) is 34.9 Å². The van der Waals surface area contributed by atoms with E-state index in [4.69, 9.17) is 0 Å². The average Bonchev–Trinajstić information content (AvgIpc) is 2.52. The number of nitrogens with one attached hydrogen (secondary N) is 2. The number of aromatic nitrogens is 2. The van der Waals surface area contributed by atoms with Crippen LogP contribution in [0.4, 0.5) is 0 Å². The Morgan fingerprint density at radius 2 is 1.76 bits per heavy atom. The molecule has 7 heteroatoms. The molecule has 0 spiro atoms. The molecule has 0 aliphatic rings. The fourth-order valence-electron chi connectivity index (χ4n) is 1.60. The normalized spacial score (nSPS) is 9.95. The predicted octanol–water partition coefficient (Wildman–Crippen LogP) is 1.40. The molecule has 0 fully saturated rings. The molecule has 0 aliphatic heterocycles. The largest absolute Gasteiger partial charge is 0.350 e. The summed E-state index contributed by atoms with van der Waals surface area (Å²) >= 11 is 3.31. The van der Waals surface area contributed by atoms with Crippen molar-refractivity contribution in [3.05, 3.63) is 58.6 Å². The van der Waals surface area contributed by atoms with Crippen LogP contribution in [-0.2, 0) is 0 Å². The summed E-state index contributed by atoms with van der Waals surface area (Å²) in [5.41, 5.74) is 0.799. The quantitative estimate of drug-likeness (QED) is 0.800. The van der Waals surface area contributed by atoms with Crippen LogP contribution in [0.5, 0.6) is 0 Å². The second-order valence-electron chi connectivity index (χ2n) is 4.08. The molecule has 0 radical (unpaired) electrons. The standard InChI is InChI=1S/C14H13BrN4O2/c15-11-4-2-1-3-10(11)13(20)18-7-8-19-14(21)12-9-16-5-6-17-12/h1-6,9H,7-8H2,(H,18,20)(H,19,21). The fraction of sp³-hybridized carbons (Fsp3) is 0.143. The first-order valence-corrected chi connectivity index (χ1v) is 7.04. The molecule has 1 aromatic carbocycles. The van der Waals surface area contributed by atoms with E-state index in [1.807, 2.05) is 6.07 Å². The van der Waals surface area contributed by atoms with E-state index in [0.29, 0.717) is 18.7 Å². The highest BCUT2D eigenvalue weighted by Gasteiger charge is 2.09. The highest BCUT2D eigenvalue weighted by Crippen LogP contribution is 2.15. The third kappa shape index (κ3) is 4.35. The molecule has 6 nitrogen and oxygen atoms in total. The smallest absolute Gasteiger partial charge is 0.271 e. The Hall–Kier alpha value is -2.28. The van der Waals surface area contributed by atoms with Crippen LogP contribution in [0.2, 0.25) is 0 Å². The molecule has 2 rings (SSSR count). The van der Waals surface area contributed by atoms with Crippen LogP contribution in [0.15, 0.2) is 47.3 Å². The Labute approximate surface area is 130 Å². The van der Waals surface area contributed by atoms with Crippen LogP contribution >= 0.6 is 15.9 Å². The Morgan fingerprint density at radius 1 is 1.05 bits per heavy atom. The maximum absolute atomic E-state index is 11.9. The minimum absolute atomic E-state index is 0.198. The lowest BCUT2D eigenvalue weighted by Gasteiger charge is -2.07. The Bertz CT molecular complexity index is 634. The Kier molecular flexibility index (Phi) is 5.39. The zero-order valence-corrected chi connectivity index (χ0v) is 12.6. The number of nitrogens with zero attached hydrogens (tertiary/aromatic N) is 2. The van der Waals surface area contributed by atoms with Crippen LogP contribution in [0.25, 0.3) is 0 Å². The molecule has 0 saturated heterocycles. The molecule has 0 aliphatic carbocycles. The highest BCUT2D eigenvalue weighted by molar-refractivity contribution is 9.10. The van der Waals surface area contributed by atoms with Crippen molar-refractivity contribution in [1.29, 1.82) is 0 Å². The zero-order chi connectivity index (χ0) is 15.1. The Morgan fingerprint density at radius 3 is 2.43 bits per heavy atom. The van der Waals surface area contributed by atoms with Crippen LogP contribution in [0, 0.1) is 0 Å². The summed E-state index contributed by atoms with van der Waals surface area (Å²) in [5.74, 6) is -0.519. The van der Waals surface area contributed by atoms with E-state index in [1.165, 1.54) is 18.6 Å². The van der Waals surface area contributed by atoms with E-state index in [1.54, 1.807) is 18.2 Å². The lowest BCUT2D eigenvalue weighted by molar-refractivity contribution is 0.0924. The molecule has 2 N–H and O–H groups in total. The SMILES string of the molecule is O=C(NCCNC(=O)c1ccccc1Br)c1cnccn1. The van der Waals surface area contributed by atoms with Crippen LogP contribution < -0.4 is 10.6 Å². The van der Waals surface area contributed by atoms with Gasteiger partial charge in [-0.1, -0.05) is 12.1 Å². The molecular weight excluding hydrogens is 336 g/mol. The Balaban J connectivity index is 1.76. The third-order valence-corrected chi connectivity index (χ3v) is 3.30. The van der Waals surface area contributed by atoms with Gasteiger partial charge in [-0.15, -0.1) is 0 Å². The van der Waals surface area contributed by atoms with Gasteiger partial charge in [0.15, 0.2) is 0 Å². The van der Waals surface area contributed by atoms with Gasteiger partial charge in [0, 0.05) is 30.0 Å². The first-order chi connectivity index (χ1) is 10.2. The lowest BCUT2D eigenvalue weighted by Crippen LogP contribution is -2.35. The number of benzene rings is 1. The molecule has 1 heterocycles. The van der Waals surface area contributed by atoms with Crippen molar-refractivity contribution in [2.45, 2.75) is 0 Å². The molecule has 2 amide bonds. The summed E-state index contributed by atoms with van der Waals surface area (Å²) < 4.78 is 0.728. The van der Waals surface area contributed by atoms with Gasteiger partial charge in [0.05, 0.1) is 11.8 Å². The summed E-state index contributed by atoms with van der Waals surface area (Å²) in [6, 6.07) is 7.14. The maximum Gasteiger partial charge on any atom is 0.271 e. The molecule has 2 aromatic rings. The van der Waals surface area contributed by atoms with Gasteiger partial charge in [0.1, 0.15) is 5.69 Å². The number of amides is 2. The maximum atomic E-state index is 11.9. The van der Waals surface area contributed by atoms with Gasteiger partial charge in [0.25, 0.3) is 11.8 Å². The molecule has 0 atom stereocenters. The number of hydrogen-bond donors (Lipinski definition) is 2. The monoisotopic (exact) mass is 348 g/mol. The summed E-state index contributed by atoms with van der Waals surface area (Å²) in [6.45, 7) is 0.637. The van der Waals surface area contributed by atoms with Gasteiger partial charge in [-0.3, -0.25) is 14.6 Å². The second-order valence-corrected chi connectivity index (χ2v) is 4.94. The van der Waals surface area contributed by atoms with Crippen molar-refractivity contribution in [3.8, 4) is 0 Å². The summed E-state index contributed by atoms with van der Waals surface area (Å²) in [7, 11) is 0. The van der Waals surface area contributed by atoms with Gasteiger partial charge in [0.2, 0.25) is 0 Å². The van der Waals surface area contributed by atoms with Crippen LogP contribution in [0.3, 0.4) is 0 Å². The zero-order valence-electron chi connectivity index (χ0n) is 11.0. The molecule has 0 bridgehead atoms. The second kappa shape index (κ2) is 7.49. The van der Waals surface area contributed by atoms with Crippen molar-refractivity contribution in [1.82, 2.24) is 20.6 Å². The van der Waals surface area contributed by atoms with E-state index in [-0.39, 0.29) is 17.5 Å². The number of rotatable bonds is 5. The lowest BCUT2D eigenvalue weighted by atomic mass is 10.2. The number of carbonyl (C=O) groups is 2. The topological polar surface area (TPSA) is 84.0 Å². The van der Waals surface area contributed by atoms with E-state index in [0.717, 1.165) is 4.47 Å². The average molecular weight is 349 g/mol. The molecule has 0 unspecified atom stereocenters. The number of halogens is 1. The van der Waals surface area contributed by atoms with E-state index in [9.17, 15) is 9.59 Å². The molecule has 0 saturated carbocycles. The predicted molar refractivity (Wildman–Crippen MR) is 80.8 cm³/mol. The van der Waals surface area contributed by atoms with Crippen molar-refractivity contribution in [2.24, 2.45) is 0 Å². The number of hydrogen-bond acceptors (Lipinski definition) is 4. The van der Waals surface area contributed by atoms with Crippen molar-refractivity contribution < 1.29 is 9.59 Å². The summed E-state index contributed by atoms with van der Waals surface area (Å²) in [4.78, 5) is 31.3. The molecule has 21 heavy (non-hydrogen) atoms. The highest BCUT2D eigenvalue weighted by atomic mass is 79.9. The van der Waals surface area contributed by atoms with E-state index >= 15 is 0 Å². The molecule has 1 aromatic heterocycles. The van der Waals surface area contributed by atoms with E-state index in [2.05, 4.69) is 36.5 Å². The minimum Gasteiger partial charge on any atom is -0.350 e. The summed E-state index contributed by atoms with van der Waals surface area (Å²) in [6.07, 6.45) is 4.33. The van der Waals surface area contributed by atoms with Crippen molar-refractivity contribution in [3.63, 3.8) is 0 Å². The van der Waals surface area contributed by atoms with Crippen molar-refractivity contribution in [2.75, 3.05) is 13.1 Å². The van der Waals surface area contributed by atoms with Gasteiger partial charge in [-0.2, -0.15) is 0 Å². The minimum atomic E-state index is -0.321.